The molecular formula is C19H22N2O3. The summed E-state index contributed by atoms with van der Waals surface area (Å²) in [6.07, 6.45) is 3.50. The third kappa shape index (κ3) is 4.11. The summed E-state index contributed by atoms with van der Waals surface area (Å²) in [7, 11) is 0. The van der Waals surface area contributed by atoms with Crippen LogP contribution in [0.25, 0.3) is 0 Å². The molecule has 1 amide bonds. The monoisotopic (exact) mass is 326 g/mol. The molecule has 1 aliphatic rings. The maximum absolute atomic E-state index is 12.2. The second kappa shape index (κ2) is 7.93. The van der Waals surface area contributed by atoms with Gasteiger partial charge in [-0.15, -0.1) is 0 Å². The van der Waals surface area contributed by atoms with Gasteiger partial charge in [-0.3, -0.25) is 4.79 Å². The number of aliphatic hydroxyl groups excluding tert-OH is 1. The number of hydrogen-bond donors (Lipinski definition) is 2. The van der Waals surface area contributed by atoms with E-state index >= 15 is 0 Å². The van der Waals surface area contributed by atoms with Gasteiger partial charge < -0.3 is 15.2 Å². The molecule has 24 heavy (non-hydrogen) atoms. The summed E-state index contributed by atoms with van der Waals surface area (Å²) in [5.74, 6) is 0.127. The molecule has 1 heterocycles. The average Bonchev–Trinajstić information content (AvgIpc) is 3.05. The fraction of sp³-hybridized carbons (Fsp3) is 0.368. The Balaban J connectivity index is 1.58. The maximum Gasteiger partial charge on any atom is 0.225 e. The van der Waals surface area contributed by atoms with Crippen molar-refractivity contribution in [3.8, 4) is 5.88 Å². The lowest BCUT2D eigenvalue weighted by Gasteiger charge is -2.15. The highest BCUT2D eigenvalue weighted by atomic mass is 16.5. The van der Waals surface area contributed by atoms with Crippen molar-refractivity contribution in [2.75, 3.05) is 0 Å². The third-order valence-electron chi connectivity index (χ3n) is 4.34. The summed E-state index contributed by atoms with van der Waals surface area (Å²) >= 11 is 0. The van der Waals surface area contributed by atoms with E-state index < -0.39 is 6.10 Å². The van der Waals surface area contributed by atoms with E-state index in [1.165, 1.54) is 0 Å². The number of benzene rings is 1. The second-order valence-electron chi connectivity index (χ2n) is 6.06. The molecule has 2 atom stereocenters. The molecule has 0 radical (unpaired) electrons. The SMILES string of the molecule is O=C(NCc1cccnc1OCc1ccccc1)C1CCCC1O. The summed E-state index contributed by atoms with van der Waals surface area (Å²) in [6, 6.07) is 13.6. The quantitative estimate of drug-likeness (QED) is 0.855. The molecule has 2 unspecified atom stereocenters. The van der Waals surface area contributed by atoms with E-state index in [1.807, 2.05) is 42.5 Å². The normalized spacial score (nSPS) is 19.9. The predicted molar refractivity (Wildman–Crippen MR) is 90.2 cm³/mol. The molecule has 0 saturated heterocycles. The molecular weight excluding hydrogens is 304 g/mol. The highest BCUT2D eigenvalue weighted by Gasteiger charge is 2.31. The molecule has 1 fully saturated rings. The molecule has 0 spiro atoms. The van der Waals surface area contributed by atoms with E-state index in [4.69, 9.17) is 4.74 Å². The van der Waals surface area contributed by atoms with Gasteiger partial charge in [0.15, 0.2) is 0 Å². The minimum Gasteiger partial charge on any atom is -0.473 e. The van der Waals surface area contributed by atoms with Crippen LogP contribution in [0.2, 0.25) is 0 Å². The molecule has 1 aliphatic carbocycles. The van der Waals surface area contributed by atoms with Gasteiger partial charge in [0, 0.05) is 18.3 Å². The van der Waals surface area contributed by atoms with Gasteiger partial charge in [0.1, 0.15) is 6.61 Å². The summed E-state index contributed by atoms with van der Waals surface area (Å²) in [5.41, 5.74) is 1.89. The zero-order valence-corrected chi connectivity index (χ0v) is 13.5. The van der Waals surface area contributed by atoms with E-state index in [0.29, 0.717) is 25.5 Å². The Kier molecular flexibility index (Phi) is 5.43. The molecule has 5 nitrogen and oxygen atoms in total. The Morgan fingerprint density at radius 1 is 1.21 bits per heavy atom. The third-order valence-corrected chi connectivity index (χ3v) is 4.34. The fourth-order valence-electron chi connectivity index (χ4n) is 2.97. The minimum atomic E-state index is -0.521. The molecule has 0 aliphatic heterocycles. The summed E-state index contributed by atoms with van der Waals surface area (Å²) in [6.45, 7) is 0.778. The smallest absolute Gasteiger partial charge is 0.225 e. The Hall–Kier alpha value is -2.40. The van der Waals surface area contributed by atoms with Crippen LogP contribution in [0.1, 0.15) is 30.4 Å². The molecule has 0 bridgehead atoms. The van der Waals surface area contributed by atoms with Crippen molar-refractivity contribution in [2.45, 2.75) is 38.5 Å². The Morgan fingerprint density at radius 2 is 2.04 bits per heavy atom. The Labute approximate surface area is 141 Å². The van der Waals surface area contributed by atoms with E-state index in [-0.39, 0.29) is 11.8 Å². The summed E-state index contributed by atoms with van der Waals surface area (Å²) < 4.78 is 5.79. The van der Waals surface area contributed by atoms with Gasteiger partial charge in [-0.2, -0.15) is 0 Å². The van der Waals surface area contributed by atoms with Crippen LogP contribution in [0.4, 0.5) is 0 Å². The number of ether oxygens (including phenoxy) is 1. The highest BCUT2D eigenvalue weighted by Crippen LogP contribution is 2.25. The molecule has 2 N–H and O–H groups in total. The minimum absolute atomic E-state index is 0.0992. The summed E-state index contributed by atoms with van der Waals surface area (Å²) in [4.78, 5) is 16.4. The number of rotatable bonds is 6. The van der Waals surface area contributed by atoms with Gasteiger partial charge >= 0.3 is 0 Å². The van der Waals surface area contributed by atoms with Gasteiger partial charge in [0.05, 0.1) is 12.0 Å². The first-order chi connectivity index (χ1) is 11.7. The van der Waals surface area contributed by atoms with Crippen LogP contribution in [0, 0.1) is 5.92 Å². The van der Waals surface area contributed by atoms with Crippen molar-refractivity contribution < 1.29 is 14.6 Å². The molecule has 5 heteroatoms. The number of nitrogens with zero attached hydrogens (tertiary/aromatic N) is 1. The van der Waals surface area contributed by atoms with Gasteiger partial charge in [-0.1, -0.05) is 36.4 Å². The molecule has 3 rings (SSSR count). The van der Waals surface area contributed by atoms with E-state index in [9.17, 15) is 9.90 Å². The number of aliphatic hydroxyl groups is 1. The number of aromatic nitrogens is 1. The molecule has 1 aromatic heterocycles. The first kappa shape index (κ1) is 16.5. The van der Waals surface area contributed by atoms with Crippen molar-refractivity contribution in [1.82, 2.24) is 10.3 Å². The lowest BCUT2D eigenvalue weighted by molar-refractivity contribution is -0.127. The number of amides is 1. The van der Waals surface area contributed by atoms with Crippen LogP contribution >= 0.6 is 0 Å². The lowest BCUT2D eigenvalue weighted by Crippen LogP contribution is -2.34. The number of pyridine rings is 1. The Morgan fingerprint density at radius 3 is 2.79 bits per heavy atom. The van der Waals surface area contributed by atoms with Crippen LogP contribution in [0.5, 0.6) is 5.88 Å². The standard InChI is InChI=1S/C19H22N2O3/c22-17-10-4-9-16(17)18(23)21-12-15-8-5-11-20-19(15)24-13-14-6-2-1-3-7-14/h1-3,5-8,11,16-17,22H,4,9-10,12-13H2,(H,21,23). The molecule has 126 valence electrons. The molecule has 1 aromatic carbocycles. The zero-order valence-electron chi connectivity index (χ0n) is 13.5. The molecule has 1 saturated carbocycles. The number of carbonyl (C=O) groups excluding carboxylic acids is 1. The van der Waals surface area contributed by atoms with Gasteiger partial charge in [-0.05, 0) is 30.9 Å². The van der Waals surface area contributed by atoms with Crippen LogP contribution in [0.3, 0.4) is 0 Å². The van der Waals surface area contributed by atoms with Crippen LogP contribution in [-0.4, -0.2) is 22.1 Å². The van der Waals surface area contributed by atoms with Crippen LogP contribution in [0.15, 0.2) is 48.7 Å². The van der Waals surface area contributed by atoms with Crippen molar-refractivity contribution >= 4 is 5.91 Å². The zero-order chi connectivity index (χ0) is 16.8. The topological polar surface area (TPSA) is 71.5 Å². The number of hydrogen-bond acceptors (Lipinski definition) is 4. The first-order valence-electron chi connectivity index (χ1n) is 8.30. The first-order valence-corrected chi connectivity index (χ1v) is 8.30. The summed E-state index contributed by atoms with van der Waals surface area (Å²) in [5, 5.41) is 12.7. The number of nitrogens with one attached hydrogen (secondary N) is 1. The second-order valence-corrected chi connectivity index (χ2v) is 6.06. The van der Waals surface area contributed by atoms with Gasteiger partial charge in [0.25, 0.3) is 0 Å². The predicted octanol–water partition coefficient (Wildman–Crippen LogP) is 2.44. The molecule has 2 aromatic rings. The fourth-order valence-corrected chi connectivity index (χ4v) is 2.97. The van der Waals surface area contributed by atoms with E-state index in [2.05, 4.69) is 10.3 Å². The number of carbonyl (C=O) groups is 1. The van der Waals surface area contributed by atoms with E-state index in [1.54, 1.807) is 6.20 Å². The van der Waals surface area contributed by atoms with Crippen LogP contribution < -0.4 is 10.1 Å². The maximum atomic E-state index is 12.2. The largest absolute Gasteiger partial charge is 0.473 e. The van der Waals surface area contributed by atoms with Crippen molar-refractivity contribution in [2.24, 2.45) is 5.92 Å². The Bertz CT molecular complexity index is 675. The average molecular weight is 326 g/mol. The van der Waals surface area contributed by atoms with Gasteiger partial charge in [0.2, 0.25) is 11.8 Å². The highest BCUT2D eigenvalue weighted by molar-refractivity contribution is 5.79. The van der Waals surface area contributed by atoms with E-state index in [0.717, 1.165) is 24.0 Å². The van der Waals surface area contributed by atoms with Gasteiger partial charge in [-0.25, -0.2) is 4.98 Å². The van der Waals surface area contributed by atoms with Crippen molar-refractivity contribution in [3.05, 3.63) is 59.8 Å². The van der Waals surface area contributed by atoms with Crippen LogP contribution in [-0.2, 0) is 17.9 Å². The van der Waals surface area contributed by atoms with Crippen molar-refractivity contribution in [1.29, 1.82) is 0 Å². The lowest BCUT2D eigenvalue weighted by atomic mass is 10.1. The van der Waals surface area contributed by atoms with Crippen molar-refractivity contribution in [3.63, 3.8) is 0 Å².